The number of para-hydroxylation sites is 2. The number of hydrogen-bond donors (Lipinski definition) is 1. The second kappa shape index (κ2) is 10.1. The average Bonchev–Trinajstić information content (AvgIpc) is 2.78. The summed E-state index contributed by atoms with van der Waals surface area (Å²) in [7, 11) is 1.56. The second-order valence-electron chi connectivity index (χ2n) is 6.46. The van der Waals surface area contributed by atoms with Gasteiger partial charge >= 0.3 is 0 Å². The molecule has 0 aromatic heterocycles. The van der Waals surface area contributed by atoms with Gasteiger partial charge in [-0.05, 0) is 43.3 Å². The molecule has 0 bridgehead atoms. The molecule has 0 heterocycles. The first-order valence-corrected chi connectivity index (χ1v) is 9.59. The van der Waals surface area contributed by atoms with Crippen LogP contribution in [0.3, 0.4) is 0 Å². The van der Waals surface area contributed by atoms with Crippen LogP contribution in [0.2, 0.25) is 0 Å². The quantitative estimate of drug-likeness (QED) is 0.391. The monoisotopic (exact) mass is 422 g/mol. The zero-order chi connectivity index (χ0) is 22.2. The fourth-order valence-electron chi connectivity index (χ4n) is 2.92. The van der Waals surface area contributed by atoms with Crippen molar-refractivity contribution in [2.75, 3.05) is 19.0 Å². The Labute approximate surface area is 179 Å². The van der Waals surface area contributed by atoms with Gasteiger partial charge in [0.25, 0.3) is 11.6 Å². The smallest absolute Gasteiger partial charge is 0.271 e. The molecule has 0 aliphatic carbocycles. The van der Waals surface area contributed by atoms with Gasteiger partial charge in [0.1, 0.15) is 12.4 Å². The molecule has 3 aromatic carbocycles. The Kier molecular flexibility index (Phi) is 7.05. The highest BCUT2D eigenvalue weighted by atomic mass is 16.6. The van der Waals surface area contributed by atoms with Crippen molar-refractivity contribution in [3.8, 4) is 17.2 Å². The molecule has 0 radical (unpaired) electrons. The molecule has 0 spiro atoms. The Balaban J connectivity index is 1.81. The van der Waals surface area contributed by atoms with Crippen LogP contribution in [-0.2, 0) is 6.61 Å². The van der Waals surface area contributed by atoms with Crippen LogP contribution in [0.4, 0.5) is 11.4 Å². The molecule has 1 N–H and O–H groups in total. The van der Waals surface area contributed by atoms with Crippen molar-refractivity contribution in [3.63, 3.8) is 0 Å². The summed E-state index contributed by atoms with van der Waals surface area (Å²) in [4.78, 5) is 23.1. The number of nitro benzene ring substituents is 1. The lowest BCUT2D eigenvalue weighted by molar-refractivity contribution is -0.384. The Hall–Kier alpha value is -4.07. The first-order chi connectivity index (χ1) is 15.0. The van der Waals surface area contributed by atoms with E-state index in [4.69, 9.17) is 14.2 Å². The molecule has 8 heteroatoms. The van der Waals surface area contributed by atoms with E-state index in [-0.39, 0.29) is 12.3 Å². The van der Waals surface area contributed by atoms with Crippen molar-refractivity contribution in [1.82, 2.24) is 0 Å². The van der Waals surface area contributed by atoms with Crippen molar-refractivity contribution < 1.29 is 23.9 Å². The molecule has 0 saturated heterocycles. The molecule has 1 amide bonds. The highest BCUT2D eigenvalue weighted by molar-refractivity contribution is 6.04. The van der Waals surface area contributed by atoms with E-state index in [1.54, 1.807) is 43.5 Å². The van der Waals surface area contributed by atoms with Gasteiger partial charge in [-0.3, -0.25) is 14.9 Å². The zero-order valence-electron chi connectivity index (χ0n) is 17.2. The summed E-state index contributed by atoms with van der Waals surface area (Å²) in [5.41, 5.74) is 1.28. The van der Waals surface area contributed by atoms with Crippen LogP contribution in [0.5, 0.6) is 17.2 Å². The average molecular weight is 422 g/mol. The van der Waals surface area contributed by atoms with Crippen LogP contribution in [0.15, 0.2) is 66.7 Å². The van der Waals surface area contributed by atoms with Crippen LogP contribution in [0, 0.1) is 10.1 Å². The lowest BCUT2D eigenvalue weighted by atomic mass is 10.1. The standard InChI is InChI=1S/C23H22N2O6/c1-3-30-20-12-11-16(23(26)24-18-7-6-8-19(14-18)25(27)28)13-17(20)15-31-22-10-5-4-9-21(22)29-2/h4-14H,3,15H2,1-2H3,(H,24,26). The lowest BCUT2D eigenvalue weighted by Gasteiger charge is -2.15. The number of rotatable bonds is 9. The van der Waals surface area contributed by atoms with Crippen LogP contribution in [0.1, 0.15) is 22.8 Å². The van der Waals surface area contributed by atoms with E-state index >= 15 is 0 Å². The molecule has 0 aliphatic heterocycles. The van der Waals surface area contributed by atoms with E-state index in [9.17, 15) is 14.9 Å². The molecule has 8 nitrogen and oxygen atoms in total. The summed E-state index contributed by atoms with van der Waals surface area (Å²) < 4.78 is 16.8. The largest absolute Gasteiger partial charge is 0.493 e. The highest BCUT2D eigenvalue weighted by Crippen LogP contribution is 2.29. The van der Waals surface area contributed by atoms with Gasteiger partial charge in [-0.25, -0.2) is 0 Å². The molecule has 31 heavy (non-hydrogen) atoms. The number of carbonyl (C=O) groups excluding carboxylic acids is 1. The van der Waals surface area contributed by atoms with E-state index in [0.717, 1.165) is 0 Å². The number of benzene rings is 3. The zero-order valence-corrected chi connectivity index (χ0v) is 17.2. The van der Waals surface area contributed by atoms with E-state index in [0.29, 0.717) is 40.7 Å². The third-order valence-electron chi connectivity index (χ3n) is 4.39. The van der Waals surface area contributed by atoms with Gasteiger partial charge in [0.05, 0.1) is 18.6 Å². The number of amides is 1. The summed E-state index contributed by atoms with van der Waals surface area (Å²) in [5, 5.41) is 13.6. The molecule has 3 rings (SSSR count). The predicted molar refractivity (Wildman–Crippen MR) is 116 cm³/mol. The number of hydrogen-bond acceptors (Lipinski definition) is 6. The Morgan fingerprint density at radius 3 is 2.45 bits per heavy atom. The normalized spacial score (nSPS) is 10.3. The Bertz CT molecular complexity index is 1080. The minimum absolute atomic E-state index is 0.101. The first kappa shape index (κ1) is 21.6. The maximum absolute atomic E-state index is 12.7. The summed E-state index contributed by atoms with van der Waals surface area (Å²) >= 11 is 0. The molecule has 3 aromatic rings. The van der Waals surface area contributed by atoms with Crippen molar-refractivity contribution in [1.29, 1.82) is 0 Å². The number of carbonyl (C=O) groups is 1. The molecule has 0 unspecified atom stereocenters. The molecular weight excluding hydrogens is 400 g/mol. The summed E-state index contributed by atoms with van der Waals surface area (Å²) in [6.07, 6.45) is 0. The van der Waals surface area contributed by atoms with Crippen LogP contribution in [0.25, 0.3) is 0 Å². The lowest BCUT2D eigenvalue weighted by Crippen LogP contribution is -2.13. The van der Waals surface area contributed by atoms with Crippen molar-refractivity contribution >= 4 is 17.3 Å². The van der Waals surface area contributed by atoms with Gasteiger partial charge in [-0.1, -0.05) is 18.2 Å². The van der Waals surface area contributed by atoms with Gasteiger partial charge in [0.2, 0.25) is 0 Å². The molecule has 0 fully saturated rings. The molecule has 0 aliphatic rings. The number of ether oxygens (including phenoxy) is 3. The number of nitrogens with one attached hydrogen (secondary N) is 1. The third kappa shape index (κ3) is 5.51. The highest BCUT2D eigenvalue weighted by Gasteiger charge is 2.14. The molecule has 160 valence electrons. The molecule has 0 saturated carbocycles. The van der Waals surface area contributed by atoms with Gasteiger partial charge in [0, 0.05) is 28.9 Å². The number of nitro groups is 1. The van der Waals surface area contributed by atoms with Gasteiger partial charge in [-0.15, -0.1) is 0 Å². The molecular formula is C23H22N2O6. The maximum atomic E-state index is 12.7. The SMILES string of the molecule is CCOc1ccc(C(=O)Nc2cccc([N+](=O)[O-])c2)cc1COc1ccccc1OC. The van der Waals surface area contributed by atoms with E-state index in [1.807, 2.05) is 19.1 Å². The van der Waals surface area contributed by atoms with Crippen molar-refractivity contribution in [3.05, 3.63) is 88.0 Å². The van der Waals surface area contributed by atoms with E-state index in [2.05, 4.69) is 5.32 Å². The van der Waals surface area contributed by atoms with Crippen molar-refractivity contribution in [2.45, 2.75) is 13.5 Å². The second-order valence-corrected chi connectivity index (χ2v) is 6.46. The Morgan fingerprint density at radius 2 is 1.74 bits per heavy atom. The van der Waals surface area contributed by atoms with E-state index < -0.39 is 10.8 Å². The predicted octanol–water partition coefficient (Wildman–Crippen LogP) is 4.83. The van der Waals surface area contributed by atoms with Crippen molar-refractivity contribution in [2.24, 2.45) is 0 Å². The van der Waals surface area contributed by atoms with Gasteiger partial charge < -0.3 is 19.5 Å². The summed E-state index contributed by atoms with van der Waals surface area (Å²) in [5.74, 6) is 1.37. The number of non-ortho nitro benzene ring substituents is 1. The maximum Gasteiger partial charge on any atom is 0.271 e. The minimum Gasteiger partial charge on any atom is -0.493 e. The summed E-state index contributed by atoms with van der Waals surface area (Å²) in [6.45, 7) is 2.49. The Morgan fingerprint density at radius 1 is 0.968 bits per heavy atom. The third-order valence-corrected chi connectivity index (χ3v) is 4.39. The minimum atomic E-state index is -0.514. The fraction of sp³-hybridized carbons (Fsp3) is 0.174. The number of methoxy groups -OCH3 is 1. The van der Waals surface area contributed by atoms with Crippen LogP contribution < -0.4 is 19.5 Å². The summed E-state index contributed by atoms with van der Waals surface area (Å²) in [6, 6.07) is 18.0. The number of nitrogens with zero attached hydrogens (tertiary/aromatic N) is 1. The molecule has 0 atom stereocenters. The van der Waals surface area contributed by atoms with Gasteiger partial charge in [0.15, 0.2) is 11.5 Å². The number of anilines is 1. The van der Waals surface area contributed by atoms with Crippen LogP contribution in [-0.4, -0.2) is 24.5 Å². The van der Waals surface area contributed by atoms with Crippen LogP contribution >= 0.6 is 0 Å². The topological polar surface area (TPSA) is 99.9 Å². The van der Waals surface area contributed by atoms with E-state index in [1.165, 1.54) is 18.2 Å². The first-order valence-electron chi connectivity index (χ1n) is 9.59. The van der Waals surface area contributed by atoms with Gasteiger partial charge in [-0.2, -0.15) is 0 Å². The fourth-order valence-corrected chi connectivity index (χ4v) is 2.92.